The zero-order valence-electron chi connectivity index (χ0n) is 14.7. The van der Waals surface area contributed by atoms with Gasteiger partial charge in [-0.15, -0.1) is 0 Å². The third kappa shape index (κ3) is 5.62. The van der Waals surface area contributed by atoms with Crippen molar-refractivity contribution in [1.29, 1.82) is 0 Å². The van der Waals surface area contributed by atoms with Gasteiger partial charge >= 0.3 is 0 Å². The molecule has 2 rings (SSSR count). The second-order valence-corrected chi connectivity index (χ2v) is 5.51. The highest BCUT2D eigenvalue weighted by Gasteiger charge is 2.07. The van der Waals surface area contributed by atoms with Crippen molar-refractivity contribution in [2.24, 2.45) is 5.10 Å². The highest BCUT2D eigenvalue weighted by Crippen LogP contribution is 2.26. The van der Waals surface area contributed by atoms with Crippen LogP contribution in [0.2, 0.25) is 0 Å². The van der Waals surface area contributed by atoms with Crippen molar-refractivity contribution in [3.63, 3.8) is 0 Å². The number of benzene rings is 2. The summed E-state index contributed by atoms with van der Waals surface area (Å²) in [7, 11) is 0. The Morgan fingerprint density at radius 1 is 1.23 bits per heavy atom. The fraction of sp³-hybridized carbons (Fsp3) is 0.211. The average Bonchev–Trinajstić information content (AvgIpc) is 2.62. The van der Waals surface area contributed by atoms with Gasteiger partial charge in [-0.05, 0) is 49.7 Å². The zero-order valence-corrected chi connectivity index (χ0v) is 14.7. The predicted molar refractivity (Wildman–Crippen MR) is 98.5 cm³/mol. The molecule has 0 bridgehead atoms. The Labute approximate surface area is 151 Å². The maximum atomic E-state index is 12.0. The van der Waals surface area contributed by atoms with Gasteiger partial charge < -0.3 is 15.2 Å². The van der Waals surface area contributed by atoms with Gasteiger partial charge in [-0.25, -0.2) is 5.43 Å². The molecule has 0 aliphatic carbocycles. The number of carbonyl (C=O) groups excluding carboxylic acids is 2. The molecule has 0 saturated heterocycles. The van der Waals surface area contributed by atoms with Gasteiger partial charge in [0.1, 0.15) is 0 Å². The molecule has 2 aromatic carbocycles. The molecule has 0 aromatic heterocycles. The van der Waals surface area contributed by atoms with Crippen molar-refractivity contribution >= 4 is 18.0 Å². The number of hydrogen-bond acceptors (Lipinski definition) is 5. The first-order valence-electron chi connectivity index (χ1n) is 8.12. The van der Waals surface area contributed by atoms with Gasteiger partial charge in [0.2, 0.25) is 0 Å². The van der Waals surface area contributed by atoms with E-state index in [1.54, 1.807) is 30.3 Å². The van der Waals surface area contributed by atoms with E-state index in [1.807, 2.05) is 19.9 Å². The number of phenolic OH excluding ortho intramolecular Hbond substituents is 1. The van der Waals surface area contributed by atoms with E-state index in [1.165, 1.54) is 12.3 Å². The molecule has 0 saturated carbocycles. The van der Waals surface area contributed by atoms with E-state index < -0.39 is 5.91 Å². The third-order valence-corrected chi connectivity index (χ3v) is 3.38. The van der Waals surface area contributed by atoms with Crippen LogP contribution in [-0.4, -0.2) is 36.3 Å². The van der Waals surface area contributed by atoms with Crippen molar-refractivity contribution in [1.82, 2.24) is 10.7 Å². The molecule has 0 spiro atoms. The van der Waals surface area contributed by atoms with Crippen LogP contribution in [0.25, 0.3) is 0 Å². The summed E-state index contributed by atoms with van der Waals surface area (Å²) in [6.07, 6.45) is 1.42. The Morgan fingerprint density at radius 3 is 2.77 bits per heavy atom. The molecule has 0 aliphatic rings. The zero-order chi connectivity index (χ0) is 18.9. The van der Waals surface area contributed by atoms with Crippen molar-refractivity contribution < 1.29 is 19.4 Å². The van der Waals surface area contributed by atoms with Gasteiger partial charge in [0.15, 0.2) is 11.5 Å². The van der Waals surface area contributed by atoms with Crippen molar-refractivity contribution in [2.45, 2.75) is 13.8 Å². The number of amides is 2. The summed E-state index contributed by atoms with van der Waals surface area (Å²) in [6, 6.07) is 11.8. The smallest absolute Gasteiger partial charge is 0.259 e. The minimum atomic E-state index is -0.453. The summed E-state index contributed by atoms with van der Waals surface area (Å²) < 4.78 is 5.27. The molecule has 0 radical (unpaired) electrons. The Bertz CT molecular complexity index is 818. The monoisotopic (exact) mass is 355 g/mol. The Morgan fingerprint density at radius 2 is 2.04 bits per heavy atom. The summed E-state index contributed by atoms with van der Waals surface area (Å²) in [5, 5.41) is 16.0. The second kappa shape index (κ2) is 9.22. The molecule has 0 atom stereocenters. The minimum Gasteiger partial charge on any atom is -0.504 e. The summed E-state index contributed by atoms with van der Waals surface area (Å²) in [4.78, 5) is 23.7. The van der Waals surface area contributed by atoms with Crippen molar-refractivity contribution in [3.05, 3.63) is 59.2 Å². The molecule has 7 heteroatoms. The first kappa shape index (κ1) is 19.0. The van der Waals surface area contributed by atoms with Crippen LogP contribution in [0.4, 0.5) is 0 Å². The number of ether oxygens (including phenoxy) is 1. The summed E-state index contributed by atoms with van der Waals surface area (Å²) in [5.74, 6) is -0.404. The van der Waals surface area contributed by atoms with Crippen LogP contribution in [0, 0.1) is 6.92 Å². The van der Waals surface area contributed by atoms with Crippen LogP contribution in [0.1, 0.15) is 28.4 Å². The van der Waals surface area contributed by atoms with Gasteiger partial charge in [-0.3, -0.25) is 9.59 Å². The van der Waals surface area contributed by atoms with Crippen molar-refractivity contribution in [3.8, 4) is 11.5 Å². The maximum Gasteiger partial charge on any atom is 0.259 e. The van der Waals surface area contributed by atoms with E-state index in [-0.39, 0.29) is 18.2 Å². The fourth-order valence-corrected chi connectivity index (χ4v) is 2.15. The van der Waals surface area contributed by atoms with Gasteiger partial charge in [0.05, 0.1) is 19.4 Å². The Balaban J connectivity index is 1.84. The average molecular weight is 355 g/mol. The maximum absolute atomic E-state index is 12.0. The SMILES string of the molecule is CCOc1cc(/C=N\NC(=O)CNC(=O)c2cccc(C)c2)ccc1O. The van der Waals surface area contributed by atoms with E-state index in [2.05, 4.69) is 15.8 Å². The summed E-state index contributed by atoms with van der Waals surface area (Å²) in [6.45, 7) is 3.93. The number of nitrogens with one attached hydrogen (secondary N) is 2. The van der Waals surface area contributed by atoms with E-state index in [9.17, 15) is 14.7 Å². The first-order chi connectivity index (χ1) is 12.5. The summed E-state index contributed by atoms with van der Waals surface area (Å²) in [5.41, 5.74) is 4.44. The molecular weight excluding hydrogens is 334 g/mol. The number of hydrogen-bond donors (Lipinski definition) is 3. The predicted octanol–water partition coefficient (Wildman–Crippen LogP) is 1.98. The molecule has 3 N–H and O–H groups in total. The molecule has 136 valence electrons. The molecule has 0 aliphatic heterocycles. The van der Waals surface area contributed by atoms with E-state index in [0.29, 0.717) is 23.5 Å². The van der Waals surface area contributed by atoms with Crippen LogP contribution in [0.5, 0.6) is 11.5 Å². The van der Waals surface area contributed by atoms with E-state index >= 15 is 0 Å². The molecule has 0 fully saturated rings. The standard InChI is InChI=1S/C19H21N3O4/c1-3-26-17-10-14(7-8-16(17)23)11-21-22-18(24)12-20-19(25)15-6-4-5-13(2)9-15/h4-11,23H,3,12H2,1-2H3,(H,20,25)(H,22,24)/b21-11-. The number of hydrazone groups is 1. The third-order valence-electron chi connectivity index (χ3n) is 3.38. The summed E-state index contributed by atoms with van der Waals surface area (Å²) >= 11 is 0. The lowest BCUT2D eigenvalue weighted by Crippen LogP contribution is -2.34. The van der Waals surface area contributed by atoms with Gasteiger partial charge in [-0.2, -0.15) is 5.10 Å². The molecular formula is C19H21N3O4. The number of phenols is 1. The highest BCUT2D eigenvalue weighted by molar-refractivity contribution is 5.96. The van der Waals surface area contributed by atoms with E-state index in [0.717, 1.165) is 5.56 Å². The lowest BCUT2D eigenvalue weighted by atomic mass is 10.1. The normalized spacial score (nSPS) is 10.5. The first-order valence-corrected chi connectivity index (χ1v) is 8.12. The number of nitrogens with zero attached hydrogens (tertiary/aromatic N) is 1. The lowest BCUT2D eigenvalue weighted by molar-refractivity contribution is -0.120. The fourth-order valence-electron chi connectivity index (χ4n) is 2.15. The molecule has 0 unspecified atom stereocenters. The number of rotatable bonds is 7. The molecule has 2 amide bonds. The molecule has 2 aromatic rings. The number of aryl methyl sites for hydroxylation is 1. The topological polar surface area (TPSA) is 100 Å². The Hall–Kier alpha value is -3.35. The van der Waals surface area contributed by atoms with Gasteiger partial charge in [0, 0.05) is 5.56 Å². The van der Waals surface area contributed by atoms with Crippen LogP contribution >= 0.6 is 0 Å². The van der Waals surface area contributed by atoms with Gasteiger partial charge in [-0.1, -0.05) is 17.7 Å². The second-order valence-electron chi connectivity index (χ2n) is 5.51. The molecule has 7 nitrogen and oxygen atoms in total. The van der Waals surface area contributed by atoms with Gasteiger partial charge in [0.25, 0.3) is 11.8 Å². The number of aromatic hydroxyl groups is 1. The van der Waals surface area contributed by atoms with Crippen LogP contribution in [0.3, 0.4) is 0 Å². The quantitative estimate of drug-likeness (QED) is 0.522. The van der Waals surface area contributed by atoms with E-state index in [4.69, 9.17) is 4.74 Å². The molecule has 26 heavy (non-hydrogen) atoms. The van der Waals surface area contributed by atoms with Crippen LogP contribution < -0.4 is 15.5 Å². The minimum absolute atomic E-state index is 0.0342. The molecule has 0 heterocycles. The lowest BCUT2D eigenvalue weighted by Gasteiger charge is -2.06. The van der Waals surface area contributed by atoms with Crippen LogP contribution in [0.15, 0.2) is 47.6 Å². The van der Waals surface area contributed by atoms with Crippen LogP contribution in [-0.2, 0) is 4.79 Å². The largest absolute Gasteiger partial charge is 0.504 e. The highest BCUT2D eigenvalue weighted by atomic mass is 16.5. The Kier molecular flexibility index (Phi) is 6.73. The number of carbonyl (C=O) groups is 2. The van der Waals surface area contributed by atoms with Crippen molar-refractivity contribution in [2.75, 3.05) is 13.2 Å².